The van der Waals surface area contributed by atoms with Gasteiger partial charge in [-0.3, -0.25) is 4.79 Å². The Bertz CT molecular complexity index is 407. The summed E-state index contributed by atoms with van der Waals surface area (Å²) in [7, 11) is 1.86. The molecule has 0 aliphatic heterocycles. The third-order valence-electron chi connectivity index (χ3n) is 2.85. The van der Waals surface area contributed by atoms with Crippen molar-refractivity contribution in [3.63, 3.8) is 0 Å². The molecule has 0 unspecified atom stereocenters. The Balaban J connectivity index is 2.32. The number of rotatable bonds is 7. The van der Waals surface area contributed by atoms with Gasteiger partial charge in [0.2, 0.25) is 5.91 Å². The smallest absolute Gasteiger partial charge is 0.222 e. The second-order valence-electron chi connectivity index (χ2n) is 5.09. The molecule has 4 heteroatoms. The summed E-state index contributed by atoms with van der Waals surface area (Å²) in [5.41, 5.74) is 1.14. The number of halogens is 1. The molecule has 0 heterocycles. The Hall–Kier alpha value is -0.870. The van der Waals surface area contributed by atoms with Crippen molar-refractivity contribution in [2.75, 3.05) is 13.6 Å². The van der Waals surface area contributed by atoms with Crippen molar-refractivity contribution in [3.05, 3.63) is 34.3 Å². The molecule has 0 saturated heterocycles. The van der Waals surface area contributed by atoms with E-state index in [2.05, 4.69) is 35.1 Å². The van der Waals surface area contributed by atoms with Crippen LogP contribution in [0.5, 0.6) is 0 Å². The highest BCUT2D eigenvalue weighted by molar-refractivity contribution is 9.10. The van der Waals surface area contributed by atoms with E-state index in [1.54, 1.807) is 4.90 Å². The third kappa shape index (κ3) is 6.73. The van der Waals surface area contributed by atoms with Gasteiger partial charge in [-0.15, -0.1) is 0 Å². The lowest BCUT2D eigenvalue weighted by Crippen LogP contribution is -2.28. The normalized spacial score (nSPS) is 10.8. The first-order valence-corrected chi connectivity index (χ1v) is 7.50. The number of hydrogen-bond acceptors (Lipinski definition) is 2. The van der Waals surface area contributed by atoms with Crippen molar-refractivity contribution >= 4 is 21.8 Å². The maximum atomic E-state index is 12.0. The largest absolute Gasteiger partial charge is 0.341 e. The van der Waals surface area contributed by atoms with Crippen molar-refractivity contribution in [2.45, 2.75) is 39.3 Å². The van der Waals surface area contributed by atoms with Gasteiger partial charge in [-0.2, -0.15) is 0 Å². The molecule has 1 aromatic carbocycles. The van der Waals surface area contributed by atoms with Gasteiger partial charge in [-0.25, -0.2) is 0 Å². The molecular formula is C15H23BrN2O. The van der Waals surface area contributed by atoms with Crippen molar-refractivity contribution < 1.29 is 4.79 Å². The van der Waals surface area contributed by atoms with Crippen LogP contribution in [0.1, 0.15) is 32.3 Å². The Morgan fingerprint density at radius 2 is 2.16 bits per heavy atom. The van der Waals surface area contributed by atoms with E-state index in [4.69, 9.17) is 0 Å². The lowest BCUT2D eigenvalue weighted by atomic mass is 10.2. The van der Waals surface area contributed by atoms with E-state index in [-0.39, 0.29) is 5.91 Å². The quantitative estimate of drug-likeness (QED) is 0.780. The number of carbonyl (C=O) groups excluding carboxylic acids is 1. The van der Waals surface area contributed by atoms with Gasteiger partial charge in [-0.05, 0) is 30.7 Å². The maximum absolute atomic E-state index is 12.0. The van der Waals surface area contributed by atoms with E-state index in [9.17, 15) is 4.79 Å². The van der Waals surface area contributed by atoms with E-state index in [1.165, 1.54) is 0 Å². The molecule has 0 bridgehead atoms. The zero-order valence-corrected chi connectivity index (χ0v) is 13.5. The molecule has 0 aliphatic rings. The molecule has 0 aromatic heterocycles. The third-order valence-corrected chi connectivity index (χ3v) is 3.35. The van der Waals surface area contributed by atoms with Crippen molar-refractivity contribution in [1.29, 1.82) is 0 Å². The fourth-order valence-electron chi connectivity index (χ4n) is 1.82. The lowest BCUT2D eigenvalue weighted by molar-refractivity contribution is -0.130. The monoisotopic (exact) mass is 326 g/mol. The van der Waals surface area contributed by atoms with Crippen LogP contribution in [0, 0.1) is 0 Å². The van der Waals surface area contributed by atoms with Crippen LogP contribution in [-0.2, 0) is 11.3 Å². The second kappa shape index (κ2) is 8.33. The fraction of sp³-hybridized carbons (Fsp3) is 0.533. The first-order valence-electron chi connectivity index (χ1n) is 6.71. The standard InChI is InChI=1S/C15H23BrN2O/c1-12(2)17-9-5-8-15(19)18(3)11-13-6-4-7-14(16)10-13/h4,6-7,10,12,17H,5,8-9,11H2,1-3H3. The zero-order chi connectivity index (χ0) is 14.3. The van der Waals surface area contributed by atoms with Gasteiger partial charge >= 0.3 is 0 Å². The second-order valence-corrected chi connectivity index (χ2v) is 6.01. The van der Waals surface area contributed by atoms with Crippen LogP contribution < -0.4 is 5.32 Å². The summed E-state index contributed by atoms with van der Waals surface area (Å²) in [6.45, 7) is 5.78. The molecule has 1 N–H and O–H groups in total. The minimum atomic E-state index is 0.200. The van der Waals surface area contributed by atoms with Crippen LogP contribution in [-0.4, -0.2) is 30.4 Å². The minimum Gasteiger partial charge on any atom is -0.341 e. The summed E-state index contributed by atoms with van der Waals surface area (Å²) in [5.74, 6) is 0.200. The van der Waals surface area contributed by atoms with Gasteiger partial charge in [0.15, 0.2) is 0 Å². The predicted octanol–water partition coefficient (Wildman–Crippen LogP) is 3.19. The number of hydrogen-bond donors (Lipinski definition) is 1. The van der Waals surface area contributed by atoms with Gasteiger partial charge in [0.25, 0.3) is 0 Å². The Labute approximate surface area is 124 Å². The van der Waals surface area contributed by atoms with Crippen LogP contribution in [0.2, 0.25) is 0 Å². The Kier molecular flexibility index (Phi) is 7.10. The number of nitrogens with one attached hydrogen (secondary N) is 1. The predicted molar refractivity (Wildman–Crippen MR) is 83.0 cm³/mol. The number of amides is 1. The van der Waals surface area contributed by atoms with Crippen LogP contribution in [0.4, 0.5) is 0 Å². The molecule has 0 radical (unpaired) electrons. The molecular weight excluding hydrogens is 304 g/mol. The number of benzene rings is 1. The summed E-state index contributed by atoms with van der Waals surface area (Å²) in [4.78, 5) is 13.8. The van der Waals surface area contributed by atoms with Crippen LogP contribution in [0.3, 0.4) is 0 Å². The van der Waals surface area contributed by atoms with Gasteiger partial charge < -0.3 is 10.2 Å². The Morgan fingerprint density at radius 3 is 2.79 bits per heavy atom. The highest BCUT2D eigenvalue weighted by Crippen LogP contribution is 2.13. The molecule has 1 rings (SSSR count). The van der Waals surface area contributed by atoms with E-state index in [0.717, 1.165) is 23.0 Å². The van der Waals surface area contributed by atoms with Crippen LogP contribution in [0.25, 0.3) is 0 Å². The molecule has 0 atom stereocenters. The molecule has 106 valence electrons. The highest BCUT2D eigenvalue weighted by atomic mass is 79.9. The average molecular weight is 327 g/mol. The number of nitrogens with zero attached hydrogens (tertiary/aromatic N) is 1. The van der Waals surface area contributed by atoms with Gasteiger partial charge in [0.05, 0.1) is 0 Å². The summed E-state index contributed by atoms with van der Waals surface area (Å²) in [6.07, 6.45) is 1.49. The molecule has 0 aliphatic carbocycles. The molecule has 0 fully saturated rings. The van der Waals surface area contributed by atoms with E-state index in [1.807, 2.05) is 31.3 Å². The fourth-order valence-corrected chi connectivity index (χ4v) is 2.27. The SMILES string of the molecule is CC(C)NCCCC(=O)N(C)Cc1cccc(Br)c1. The lowest BCUT2D eigenvalue weighted by Gasteiger charge is -2.17. The molecule has 1 aromatic rings. The highest BCUT2D eigenvalue weighted by Gasteiger charge is 2.09. The molecule has 0 saturated carbocycles. The van der Waals surface area contributed by atoms with Crippen LogP contribution in [0.15, 0.2) is 28.7 Å². The summed E-state index contributed by atoms with van der Waals surface area (Å²) < 4.78 is 1.05. The average Bonchev–Trinajstić information content (AvgIpc) is 2.34. The maximum Gasteiger partial charge on any atom is 0.222 e. The molecule has 0 spiro atoms. The minimum absolute atomic E-state index is 0.200. The molecule has 1 amide bonds. The Morgan fingerprint density at radius 1 is 1.42 bits per heavy atom. The zero-order valence-electron chi connectivity index (χ0n) is 11.9. The first kappa shape index (κ1) is 16.2. The van der Waals surface area contributed by atoms with Gasteiger partial charge in [-0.1, -0.05) is 41.9 Å². The first-order chi connectivity index (χ1) is 8.99. The summed E-state index contributed by atoms with van der Waals surface area (Å²) >= 11 is 3.44. The summed E-state index contributed by atoms with van der Waals surface area (Å²) in [6, 6.07) is 8.54. The van der Waals surface area contributed by atoms with Crippen molar-refractivity contribution in [1.82, 2.24) is 10.2 Å². The van der Waals surface area contributed by atoms with Crippen LogP contribution >= 0.6 is 15.9 Å². The summed E-state index contributed by atoms with van der Waals surface area (Å²) in [5, 5.41) is 3.32. The molecule has 3 nitrogen and oxygen atoms in total. The van der Waals surface area contributed by atoms with Gasteiger partial charge in [0, 0.05) is 30.5 Å². The van der Waals surface area contributed by atoms with E-state index < -0.39 is 0 Å². The van der Waals surface area contributed by atoms with E-state index in [0.29, 0.717) is 19.0 Å². The van der Waals surface area contributed by atoms with Crippen molar-refractivity contribution in [3.8, 4) is 0 Å². The van der Waals surface area contributed by atoms with Gasteiger partial charge in [0.1, 0.15) is 0 Å². The van der Waals surface area contributed by atoms with E-state index >= 15 is 0 Å². The van der Waals surface area contributed by atoms with Crippen molar-refractivity contribution in [2.24, 2.45) is 0 Å². The molecule has 19 heavy (non-hydrogen) atoms. The number of carbonyl (C=O) groups is 1. The topological polar surface area (TPSA) is 32.3 Å².